The molecule has 1 unspecified atom stereocenters. The molecule has 1 N–H and O–H groups in total. The molecule has 0 aliphatic rings. The molecule has 0 aliphatic carbocycles. The molecule has 1 atom stereocenters. The number of methoxy groups -OCH3 is 3. The molecular weight excluding hydrogens is 247 g/mol. The Morgan fingerprint density at radius 1 is 1.22 bits per heavy atom. The molecule has 0 spiro atoms. The topological polar surface area (TPSA) is 65.0 Å². The number of benzene rings is 1. The fourth-order valence-corrected chi connectivity index (χ4v) is 1.63. The Labute approximate surface area is 130 Å². The van der Waals surface area contributed by atoms with E-state index in [1.165, 1.54) is 27.4 Å². The molecule has 0 bridgehead atoms. The minimum Gasteiger partial charge on any atom is -1.00 e. The van der Waals surface area contributed by atoms with Crippen LogP contribution in [0.15, 0.2) is 24.3 Å². The molecule has 0 heterocycles. The quantitative estimate of drug-likeness (QED) is 0.393. The van der Waals surface area contributed by atoms with Gasteiger partial charge in [-0.3, -0.25) is 4.79 Å². The van der Waals surface area contributed by atoms with Gasteiger partial charge in [0.2, 0.25) is 0 Å². The standard InChI is InChI=1S/C12H16O5.Na.H/c1-15-11(14)10(12(16-2)17-3)8-6-4-5-7-9(8)13;;/h4-7,10,12-13H,1-3H3;;/q;+1;-1. The number of esters is 1. The van der Waals surface area contributed by atoms with Crippen LogP contribution in [0.1, 0.15) is 12.9 Å². The summed E-state index contributed by atoms with van der Waals surface area (Å²) in [4.78, 5) is 11.7. The maximum absolute atomic E-state index is 11.7. The number of carbonyl (C=O) groups excluding carboxylic acids is 1. The van der Waals surface area contributed by atoms with E-state index in [1.807, 2.05) is 0 Å². The van der Waals surface area contributed by atoms with Crippen molar-refractivity contribution >= 4 is 5.97 Å². The zero-order valence-corrected chi connectivity index (χ0v) is 13.0. The zero-order chi connectivity index (χ0) is 12.8. The van der Waals surface area contributed by atoms with Crippen molar-refractivity contribution in [2.75, 3.05) is 21.3 Å². The molecule has 6 heteroatoms. The van der Waals surface area contributed by atoms with Gasteiger partial charge in [0, 0.05) is 19.8 Å². The van der Waals surface area contributed by atoms with Gasteiger partial charge in [0.15, 0.2) is 6.29 Å². The summed E-state index contributed by atoms with van der Waals surface area (Å²) in [7, 11) is 4.12. The largest absolute Gasteiger partial charge is 1.00 e. The summed E-state index contributed by atoms with van der Waals surface area (Å²) in [5, 5.41) is 9.75. The Balaban J connectivity index is 0. The van der Waals surface area contributed by atoms with Crippen molar-refractivity contribution in [3.05, 3.63) is 29.8 Å². The summed E-state index contributed by atoms with van der Waals surface area (Å²) in [6.07, 6.45) is -0.809. The third kappa shape index (κ3) is 3.96. The van der Waals surface area contributed by atoms with Crippen LogP contribution < -0.4 is 29.6 Å². The molecule has 18 heavy (non-hydrogen) atoms. The summed E-state index contributed by atoms with van der Waals surface area (Å²) in [6, 6.07) is 6.50. The molecule has 0 radical (unpaired) electrons. The number of para-hydroxylation sites is 1. The normalized spacial score (nSPS) is 11.8. The van der Waals surface area contributed by atoms with E-state index < -0.39 is 18.2 Å². The minimum atomic E-state index is -0.823. The SMILES string of the molecule is COC(=O)C(c1ccccc1O)C(OC)OC.[H-].[Na+]. The summed E-state index contributed by atoms with van der Waals surface area (Å²) >= 11 is 0. The first kappa shape index (κ1) is 17.4. The maximum atomic E-state index is 11.7. The number of aromatic hydroxyl groups is 1. The molecule has 5 nitrogen and oxygen atoms in total. The minimum absolute atomic E-state index is 0. The van der Waals surface area contributed by atoms with Crippen molar-refractivity contribution in [2.45, 2.75) is 12.2 Å². The number of ether oxygens (including phenoxy) is 3. The van der Waals surface area contributed by atoms with E-state index in [0.717, 1.165) is 0 Å². The van der Waals surface area contributed by atoms with Gasteiger partial charge in [-0.2, -0.15) is 0 Å². The average Bonchev–Trinajstić information content (AvgIpc) is 2.36. The Bertz CT molecular complexity index is 384. The number of phenolic OH excluding ortho intramolecular Hbond substituents is 1. The van der Waals surface area contributed by atoms with Crippen molar-refractivity contribution in [1.29, 1.82) is 0 Å². The van der Waals surface area contributed by atoms with Crippen LogP contribution in [0.4, 0.5) is 0 Å². The molecule has 0 aliphatic heterocycles. The Kier molecular flexibility index (Phi) is 8.22. The predicted octanol–water partition coefficient (Wildman–Crippen LogP) is -1.62. The van der Waals surface area contributed by atoms with Crippen molar-refractivity contribution in [3.63, 3.8) is 0 Å². The third-order valence-electron chi connectivity index (χ3n) is 2.46. The Morgan fingerprint density at radius 3 is 2.22 bits per heavy atom. The zero-order valence-electron chi connectivity index (χ0n) is 12.0. The van der Waals surface area contributed by atoms with Crippen LogP contribution in [0.3, 0.4) is 0 Å². The van der Waals surface area contributed by atoms with Gasteiger partial charge in [-0.15, -0.1) is 0 Å². The first-order valence-corrected chi connectivity index (χ1v) is 5.07. The van der Waals surface area contributed by atoms with E-state index in [-0.39, 0.29) is 36.7 Å². The van der Waals surface area contributed by atoms with Crippen molar-refractivity contribution in [1.82, 2.24) is 0 Å². The van der Waals surface area contributed by atoms with Gasteiger partial charge in [-0.1, -0.05) is 18.2 Å². The second kappa shape index (κ2) is 8.50. The molecule has 0 saturated carbocycles. The summed E-state index contributed by atoms with van der Waals surface area (Å²) in [5.74, 6) is -1.35. The van der Waals surface area contributed by atoms with Crippen LogP contribution >= 0.6 is 0 Å². The maximum Gasteiger partial charge on any atom is 1.00 e. The first-order chi connectivity index (χ1) is 8.15. The Hall–Kier alpha value is -0.590. The van der Waals surface area contributed by atoms with Crippen molar-refractivity contribution in [2.24, 2.45) is 0 Å². The van der Waals surface area contributed by atoms with Gasteiger partial charge < -0.3 is 20.7 Å². The number of hydrogen-bond donors (Lipinski definition) is 1. The van der Waals surface area contributed by atoms with Gasteiger partial charge >= 0.3 is 35.5 Å². The van der Waals surface area contributed by atoms with Gasteiger partial charge in [-0.25, -0.2) is 0 Å². The Morgan fingerprint density at radius 2 is 1.78 bits per heavy atom. The fourth-order valence-electron chi connectivity index (χ4n) is 1.63. The fraction of sp³-hybridized carbons (Fsp3) is 0.417. The van der Waals surface area contributed by atoms with E-state index in [0.29, 0.717) is 5.56 Å². The molecule has 1 rings (SSSR count). The van der Waals surface area contributed by atoms with Gasteiger partial charge in [0.1, 0.15) is 11.7 Å². The molecule has 0 fully saturated rings. The van der Waals surface area contributed by atoms with E-state index in [1.54, 1.807) is 18.2 Å². The average molecular weight is 264 g/mol. The summed E-state index contributed by atoms with van der Waals surface area (Å²) in [6.45, 7) is 0. The predicted molar refractivity (Wildman–Crippen MR) is 61.8 cm³/mol. The number of carbonyl (C=O) groups is 1. The van der Waals surface area contributed by atoms with Gasteiger partial charge in [0.05, 0.1) is 7.11 Å². The van der Waals surface area contributed by atoms with Crippen molar-refractivity contribution in [3.8, 4) is 5.75 Å². The molecule has 0 saturated heterocycles. The molecule has 0 aromatic heterocycles. The van der Waals surface area contributed by atoms with Gasteiger partial charge in [0.25, 0.3) is 0 Å². The molecule has 0 amide bonds. The molecule has 96 valence electrons. The van der Waals surface area contributed by atoms with Crippen LogP contribution in [-0.4, -0.2) is 38.7 Å². The second-order valence-electron chi connectivity index (χ2n) is 3.40. The van der Waals surface area contributed by atoms with Crippen molar-refractivity contribution < 1.29 is 55.1 Å². The number of phenols is 1. The second-order valence-corrected chi connectivity index (χ2v) is 3.40. The van der Waals surface area contributed by atoms with Gasteiger partial charge in [-0.05, 0) is 6.07 Å². The molecule has 1 aromatic rings. The summed E-state index contributed by atoms with van der Waals surface area (Å²) in [5.41, 5.74) is 0.410. The van der Waals surface area contributed by atoms with Crippen LogP contribution in [0.5, 0.6) is 5.75 Å². The molecule has 1 aromatic carbocycles. The van der Waals surface area contributed by atoms with Crippen LogP contribution in [0.2, 0.25) is 0 Å². The molecular formula is C12H17NaO5. The monoisotopic (exact) mass is 264 g/mol. The first-order valence-electron chi connectivity index (χ1n) is 5.07. The smallest absolute Gasteiger partial charge is 1.00 e. The van der Waals surface area contributed by atoms with Crippen LogP contribution in [0, 0.1) is 0 Å². The van der Waals surface area contributed by atoms with E-state index in [2.05, 4.69) is 0 Å². The van der Waals surface area contributed by atoms with Crippen LogP contribution in [-0.2, 0) is 19.0 Å². The van der Waals surface area contributed by atoms with E-state index in [9.17, 15) is 9.90 Å². The van der Waals surface area contributed by atoms with E-state index >= 15 is 0 Å². The summed E-state index contributed by atoms with van der Waals surface area (Å²) < 4.78 is 14.8. The van der Waals surface area contributed by atoms with E-state index in [4.69, 9.17) is 14.2 Å². The van der Waals surface area contributed by atoms with Crippen LogP contribution in [0.25, 0.3) is 0 Å². The third-order valence-corrected chi connectivity index (χ3v) is 2.46. The number of rotatable bonds is 5. The number of hydrogen-bond acceptors (Lipinski definition) is 5.